The van der Waals surface area contributed by atoms with Gasteiger partial charge in [0.2, 0.25) is 0 Å². The van der Waals surface area contributed by atoms with Gasteiger partial charge in [0.1, 0.15) is 6.04 Å². The topological polar surface area (TPSA) is 57.6 Å². The van der Waals surface area contributed by atoms with Crippen LogP contribution in [0.25, 0.3) is 0 Å². The van der Waals surface area contributed by atoms with Gasteiger partial charge in [0.05, 0.1) is 12.1 Å². The molecule has 1 N–H and O–H groups in total. The van der Waals surface area contributed by atoms with Crippen molar-refractivity contribution in [1.82, 2.24) is 4.90 Å². The van der Waals surface area contributed by atoms with Crippen LogP contribution in [0.15, 0.2) is 104 Å². The Morgan fingerprint density at radius 3 is 1.68 bits per heavy atom. The molecule has 1 fully saturated rings. The predicted octanol–water partition coefficient (Wildman–Crippen LogP) is 4.51. The number of carbonyl (C=O) groups excluding carboxylic acids is 1. The van der Waals surface area contributed by atoms with E-state index in [1.165, 1.54) is 0 Å². The fourth-order valence-corrected chi connectivity index (χ4v) is 4.88. The van der Waals surface area contributed by atoms with Crippen LogP contribution >= 0.6 is 0 Å². The molecular weight excluding hydrogens is 386 g/mol. The number of benzene rings is 3. The van der Waals surface area contributed by atoms with Crippen molar-refractivity contribution in [3.63, 3.8) is 0 Å². The summed E-state index contributed by atoms with van der Waals surface area (Å²) >= 11 is 0. The van der Waals surface area contributed by atoms with E-state index in [1.807, 2.05) is 95.9 Å². The van der Waals surface area contributed by atoms with Crippen LogP contribution in [0.1, 0.15) is 23.1 Å². The van der Waals surface area contributed by atoms with Crippen molar-refractivity contribution < 1.29 is 14.7 Å². The number of allylic oxidation sites excluding steroid dienone is 1. The lowest BCUT2D eigenvalue weighted by molar-refractivity contribution is -0.145. The number of hydrogen-bond donors (Lipinski definition) is 1. The predicted molar refractivity (Wildman–Crippen MR) is 121 cm³/mol. The molecule has 1 saturated heterocycles. The maximum atomic E-state index is 13.1. The van der Waals surface area contributed by atoms with Crippen LogP contribution in [0.3, 0.4) is 0 Å². The van der Waals surface area contributed by atoms with Crippen molar-refractivity contribution >= 4 is 11.8 Å². The summed E-state index contributed by atoms with van der Waals surface area (Å²) in [6, 6.07) is 28.6. The van der Waals surface area contributed by atoms with Crippen molar-refractivity contribution in [2.45, 2.75) is 18.0 Å². The number of carbonyl (C=O) groups is 2. The SMILES string of the molecule is C=CC[C@H]1C(=O)CN(C(c2ccccc2)(c2ccccc2)c2ccccc2)[C@@H]1C(=O)O. The molecule has 3 aromatic rings. The second kappa shape index (κ2) is 8.70. The molecule has 0 aliphatic carbocycles. The Kier molecular flexibility index (Phi) is 5.83. The lowest BCUT2D eigenvalue weighted by Crippen LogP contribution is -2.54. The van der Waals surface area contributed by atoms with Gasteiger partial charge in [-0.3, -0.25) is 14.5 Å². The Labute approximate surface area is 182 Å². The van der Waals surface area contributed by atoms with Gasteiger partial charge in [-0.15, -0.1) is 6.58 Å². The van der Waals surface area contributed by atoms with Crippen LogP contribution in [0.2, 0.25) is 0 Å². The lowest BCUT2D eigenvalue weighted by atomic mass is 9.75. The highest BCUT2D eigenvalue weighted by Gasteiger charge is 2.55. The number of carboxylic acids is 1. The molecule has 3 aromatic carbocycles. The van der Waals surface area contributed by atoms with E-state index in [0.29, 0.717) is 6.42 Å². The van der Waals surface area contributed by atoms with E-state index in [-0.39, 0.29) is 12.3 Å². The highest BCUT2D eigenvalue weighted by Crippen LogP contribution is 2.46. The van der Waals surface area contributed by atoms with Crippen LogP contribution in [0.4, 0.5) is 0 Å². The summed E-state index contributed by atoms with van der Waals surface area (Å²) in [6.45, 7) is 3.80. The van der Waals surface area contributed by atoms with Crippen LogP contribution in [0.5, 0.6) is 0 Å². The summed E-state index contributed by atoms with van der Waals surface area (Å²) in [5, 5.41) is 10.3. The molecule has 0 saturated carbocycles. The first-order valence-electron chi connectivity index (χ1n) is 10.4. The van der Waals surface area contributed by atoms with Gasteiger partial charge < -0.3 is 5.11 Å². The van der Waals surface area contributed by atoms with Gasteiger partial charge in [0.25, 0.3) is 0 Å². The van der Waals surface area contributed by atoms with Crippen LogP contribution < -0.4 is 0 Å². The number of Topliss-reactive ketones (excluding diaryl/α,β-unsaturated/α-hetero) is 1. The standard InChI is InChI=1S/C27H25NO3/c1-2-12-23-24(29)19-28(25(23)26(30)31)27(20-13-6-3-7-14-20,21-15-8-4-9-16-21)22-17-10-5-11-18-22/h2-11,13-18,23,25H,1,12,19H2,(H,30,31)/t23-,25-/m0/s1. The van der Waals surface area contributed by atoms with Gasteiger partial charge >= 0.3 is 5.97 Å². The Morgan fingerprint density at radius 2 is 1.32 bits per heavy atom. The zero-order chi connectivity index (χ0) is 21.8. The van der Waals surface area contributed by atoms with Gasteiger partial charge in [-0.25, -0.2) is 0 Å². The minimum atomic E-state index is -0.995. The van der Waals surface area contributed by atoms with Crippen LogP contribution in [-0.4, -0.2) is 34.3 Å². The third-order valence-corrected chi connectivity index (χ3v) is 6.14. The van der Waals surface area contributed by atoms with Gasteiger partial charge in [0.15, 0.2) is 5.78 Å². The van der Waals surface area contributed by atoms with E-state index in [1.54, 1.807) is 6.08 Å². The van der Waals surface area contributed by atoms with E-state index in [0.717, 1.165) is 16.7 Å². The van der Waals surface area contributed by atoms with Crippen molar-refractivity contribution in [1.29, 1.82) is 0 Å². The number of likely N-dealkylation sites (tertiary alicyclic amines) is 1. The molecule has 4 rings (SSSR count). The molecule has 4 nitrogen and oxygen atoms in total. The van der Waals surface area contributed by atoms with Gasteiger partial charge in [0, 0.05) is 5.92 Å². The fraction of sp³-hybridized carbons (Fsp3) is 0.185. The third-order valence-electron chi connectivity index (χ3n) is 6.14. The molecule has 2 atom stereocenters. The molecule has 0 unspecified atom stereocenters. The zero-order valence-corrected chi connectivity index (χ0v) is 17.2. The number of nitrogens with zero attached hydrogens (tertiary/aromatic N) is 1. The summed E-state index contributed by atoms with van der Waals surface area (Å²) in [4.78, 5) is 27.5. The summed E-state index contributed by atoms with van der Waals surface area (Å²) in [7, 11) is 0. The smallest absolute Gasteiger partial charge is 0.321 e. The molecule has 1 aliphatic rings. The number of ketones is 1. The summed E-state index contributed by atoms with van der Waals surface area (Å²) in [5.41, 5.74) is 1.83. The number of rotatable bonds is 7. The Hall–Kier alpha value is -3.50. The van der Waals surface area contributed by atoms with Crippen molar-refractivity contribution in [3.05, 3.63) is 120 Å². The highest BCUT2D eigenvalue weighted by molar-refractivity contribution is 5.93. The highest BCUT2D eigenvalue weighted by atomic mass is 16.4. The second-order valence-electron chi connectivity index (χ2n) is 7.82. The monoisotopic (exact) mass is 411 g/mol. The first-order valence-corrected chi connectivity index (χ1v) is 10.4. The second-order valence-corrected chi connectivity index (χ2v) is 7.82. The van der Waals surface area contributed by atoms with Crippen molar-refractivity contribution in [2.24, 2.45) is 5.92 Å². The third kappa shape index (κ3) is 3.49. The van der Waals surface area contributed by atoms with E-state index < -0.39 is 23.5 Å². The van der Waals surface area contributed by atoms with E-state index >= 15 is 0 Å². The maximum absolute atomic E-state index is 13.1. The van der Waals surface area contributed by atoms with Gasteiger partial charge in [-0.1, -0.05) is 97.1 Å². The first-order chi connectivity index (χ1) is 15.1. The van der Waals surface area contributed by atoms with E-state index in [9.17, 15) is 14.7 Å². The largest absolute Gasteiger partial charge is 0.480 e. The minimum Gasteiger partial charge on any atom is -0.480 e. The molecule has 0 amide bonds. The Morgan fingerprint density at radius 1 is 0.903 bits per heavy atom. The Balaban J connectivity index is 2.06. The van der Waals surface area contributed by atoms with Crippen LogP contribution in [-0.2, 0) is 15.1 Å². The molecule has 0 spiro atoms. The number of hydrogen-bond acceptors (Lipinski definition) is 3. The average Bonchev–Trinajstić information content (AvgIpc) is 3.13. The summed E-state index contributed by atoms with van der Waals surface area (Å²) in [5.74, 6) is -1.70. The maximum Gasteiger partial charge on any atom is 0.321 e. The molecular formula is C27H25NO3. The molecule has 1 heterocycles. The van der Waals surface area contributed by atoms with E-state index in [2.05, 4.69) is 6.58 Å². The first kappa shape index (κ1) is 20.8. The van der Waals surface area contributed by atoms with Crippen molar-refractivity contribution in [2.75, 3.05) is 6.54 Å². The Bertz CT molecular complexity index is 967. The zero-order valence-electron chi connectivity index (χ0n) is 17.2. The normalized spacial score (nSPS) is 19.3. The molecule has 1 aliphatic heterocycles. The molecule has 31 heavy (non-hydrogen) atoms. The summed E-state index contributed by atoms with van der Waals surface area (Å²) in [6.07, 6.45) is 1.97. The lowest BCUT2D eigenvalue weighted by Gasteiger charge is -2.45. The fourth-order valence-electron chi connectivity index (χ4n) is 4.88. The molecule has 0 radical (unpaired) electrons. The quantitative estimate of drug-likeness (QED) is 0.459. The molecule has 156 valence electrons. The van der Waals surface area contributed by atoms with E-state index in [4.69, 9.17) is 0 Å². The average molecular weight is 412 g/mol. The van der Waals surface area contributed by atoms with Crippen LogP contribution in [0, 0.1) is 5.92 Å². The van der Waals surface area contributed by atoms with Crippen molar-refractivity contribution in [3.8, 4) is 0 Å². The molecule has 0 aromatic heterocycles. The van der Waals surface area contributed by atoms with Gasteiger partial charge in [-0.2, -0.15) is 0 Å². The molecule has 0 bridgehead atoms. The van der Waals surface area contributed by atoms with Gasteiger partial charge in [-0.05, 0) is 23.1 Å². The summed E-state index contributed by atoms with van der Waals surface area (Å²) < 4.78 is 0. The number of carboxylic acid groups (broad SMARTS) is 1. The molecule has 4 heteroatoms. The minimum absolute atomic E-state index is 0.0498. The number of aliphatic carboxylic acids is 1.